The fourth-order valence-corrected chi connectivity index (χ4v) is 5.83. The monoisotopic (exact) mass is 565 g/mol. The van der Waals surface area contributed by atoms with Gasteiger partial charge in [-0.1, -0.05) is 80.4 Å². The normalized spacial score (nSPS) is 11.9. The van der Waals surface area contributed by atoms with Crippen LogP contribution in [0, 0.1) is 6.92 Å². The maximum Gasteiger partial charge on any atom is 0.264 e. The van der Waals surface area contributed by atoms with E-state index in [2.05, 4.69) is 5.32 Å². The summed E-state index contributed by atoms with van der Waals surface area (Å²) in [5.74, 6) is -0.445. The Bertz CT molecular complexity index is 1360. The molecule has 0 aliphatic rings. The zero-order valence-corrected chi connectivity index (χ0v) is 24.5. The fourth-order valence-electron chi connectivity index (χ4n) is 4.38. The Morgan fingerprint density at radius 3 is 2.20 bits per heavy atom. The molecule has 3 aromatic carbocycles. The number of ether oxygens (including phenoxy) is 1. The first-order valence-electron chi connectivity index (χ1n) is 13.6. The fraction of sp³-hybridized carbons (Fsp3) is 0.355. The number of sulfonamides is 1. The van der Waals surface area contributed by atoms with Gasteiger partial charge in [0.25, 0.3) is 10.0 Å². The summed E-state index contributed by atoms with van der Waals surface area (Å²) in [5, 5.41) is 2.94. The van der Waals surface area contributed by atoms with E-state index < -0.39 is 28.5 Å². The summed E-state index contributed by atoms with van der Waals surface area (Å²) < 4.78 is 34.4. The molecule has 40 heavy (non-hydrogen) atoms. The number of anilines is 1. The van der Waals surface area contributed by atoms with Gasteiger partial charge in [-0.3, -0.25) is 13.9 Å². The van der Waals surface area contributed by atoms with E-state index in [-0.39, 0.29) is 23.0 Å². The first-order chi connectivity index (χ1) is 19.2. The third-order valence-electron chi connectivity index (χ3n) is 6.65. The predicted octanol–water partition coefficient (Wildman–Crippen LogP) is 4.92. The second-order valence-corrected chi connectivity index (χ2v) is 11.4. The standard InChI is InChI=1S/C31H39N3O5S/c1-5-7-21-32-31(36)27(6-2)33(22-25-19-17-24(3)18-20-25)30(35)23-34(28-15-11-12-16-29(28)39-4)40(37,38)26-13-9-8-10-14-26/h8-20,27H,5-7,21-23H2,1-4H3,(H,32,36). The molecule has 0 saturated carbocycles. The molecule has 1 atom stereocenters. The van der Waals surface area contributed by atoms with Crippen molar-refractivity contribution in [3.05, 3.63) is 90.0 Å². The summed E-state index contributed by atoms with van der Waals surface area (Å²) in [6, 6.07) is 21.6. The molecular formula is C31H39N3O5S. The third-order valence-corrected chi connectivity index (χ3v) is 8.43. The van der Waals surface area contributed by atoms with Crippen LogP contribution in [0.25, 0.3) is 0 Å². The Balaban J connectivity index is 2.05. The van der Waals surface area contributed by atoms with Crippen molar-refractivity contribution in [1.82, 2.24) is 10.2 Å². The van der Waals surface area contributed by atoms with Crippen LogP contribution in [0.5, 0.6) is 5.75 Å². The first kappa shape index (κ1) is 30.7. The molecule has 3 aromatic rings. The first-order valence-corrected chi connectivity index (χ1v) is 15.0. The molecule has 0 fully saturated rings. The molecule has 0 aliphatic heterocycles. The molecule has 0 spiro atoms. The average molecular weight is 566 g/mol. The van der Waals surface area contributed by atoms with Crippen LogP contribution in [0.2, 0.25) is 0 Å². The molecule has 3 rings (SSSR count). The highest BCUT2D eigenvalue weighted by Gasteiger charge is 2.34. The lowest BCUT2D eigenvalue weighted by molar-refractivity contribution is -0.140. The molecule has 0 radical (unpaired) electrons. The molecule has 8 nitrogen and oxygen atoms in total. The number of carbonyl (C=O) groups is 2. The van der Waals surface area contributed by atoms with Crippen molar-refractivity contribution in [2.75, 3.05) is 24.5 Å². The Morgan fingerprint density at radius 1 is 0.925 bits per heavy atom. The van der Waals surface area contributed by atoms with Crippen LogP contribution < -0.4 is 14.4 Å². The molecule has 0 aromatic heterocycles. The number of unbranched alkanes of at least 4 members (excludes halogenated alkanes) is 1. The van der Waals surface area contributed by atoms with Gasteiger partial charge in [-0.15, -0.1) is 0 Å². The van der Waals surface area contributed by atoms with Crippen molar-refractivity contribution in [3.8, 4) is 5.75 Å². The summed E-state index contributed by atoms with van der Waals surface area (Å²) in [5.41, 5.74) is 2.15. The van der Waals surface area contributed by atoms with Gasteiger partial charge in [0.2, 0.25) is 11.8 Å². The maximum atomic E-state index is 14.1. The number of carbonyl (C=O) groups excluding carboxylic acids is 2. The number of aryl methyl sites for hydroxylation is 1. The Morgan fingerprint density at radius 2 is 1.57 bits per heavy atom. The molecule has 1 N–H and O–H groups in total. The Kier molecular flexibility index (Phi) is 11.1. The Labute approximate surface area is 238 Å². The minimum Gasteiger partial charge on any atom is -0.495 e. The summed E-state index contributed by atoms with van der Waals surface area (Å²) >= 11 is 0. The van der Waals surface area contributed by atoms with Crippen LogP contribution in [0.3, 0.4) is 0 Å². The highest BCUT2D eigenvalue weighted by molar-refractivity contribution is 7.92. The van der Waals surface area contributed by atoms with Crippen molar-refractivity contribution < 1.29 is 22.7 Å². The number of rotatable bonds is 14. The summed E-state index contributed by atoms with van der Waals surface area (Å²) in [6.07, 6.45) is 2.12. The summed E-state index contributed by atoms with van der Waals surface area (Å²) in [7, 11) is -2.71. The van der Waals surface area contributed by atoms with Crippen LogP contribution in [-0.4, -0.2) is 51.4 Å². The van der Waals surface area contributed by atoms with E-state index in [0.29, 0.717) is 18.7 Å². The van der Waals surface area contributed by atoms with Gasteiger partial charge in [0.05, 0.1) is 17.7 Å². The summed E-state index contributed by atoms with van der Waals surface area (Å²) in [6.45, 7) is 6.01. The second kappa shape index (κ2) is 14.5. The number of benzene rings is 3. The number of para-hydroxylation sites is 2. The van der Waals surface area contributed by atoms with Crippen LogP contribution in [-0.2, 0) is 26.2 Å². The van der Waals surface area contributed by atoms with Gasteiger partial charge in [-0.25, -0.2) is 8.42 Å². The number of amides is 2. The van der Waals surface area contributed by atoms with Crippen LogP contribution >= 0.6 is 0 Å². The molecule has 0 heterocycles. The number of nitrogens with zero attached hydrogens (tertiary/aromatic N) is 2. The molecule has 214 valence electrons. The van der Waals surface area contributed by atoms with Crippen LogP contribution in [0.4, 0.5) is 5.69 Å². The van der Waals surface area contributed by atoms with E-state index in [0.717, 1.165) is 28.3 Å². The number of hydrogen-bond donors (Lipinski definition) is 1. The highest BCUT2D eigenvalue weighted by atomic mass is 32.2. The van der Waals surface area contributed by atoms with Gasteiger partial charge < -0.3 is 15.0 Å². The molecule has 1 unspecified atom stereocenters. The van der Waals surface area contributed by atoms with Gasteiger partial charge in [-0.2, -0.15) is 0 Å². The molecule has 9 heteroatoms. The van der Waals surface area contributed by atoms with Gasteiger partial charge in [0.15, 0.2) is 0 Å². The zero-order chi connectivity index (χ0) is 29.1. The Hall–Kier alpha value is -3.85. The van der Waals surface area contributed by atoms with Crippen molar-refractivity contribution >= 4 is 27.5 Å². The van der Waals surface area contributed by atoms with E-state index in [9.17, 15) is 18.0 Å². The van der Waals surface area contributed by atoms with Crippen LogP contribution in [0.1, 0.15) is 44.2 Å². The third kappa shape index (κ3) is 7.63. The van der Waals surface area contributed by atoms with Crippen molar-refractivity contribution in [2.45, 2.75) is 57.5 Å². The number of nitrogens with one attached hydrogen (secondary N) is 1. The largest absolute Gasteiger partial charge is 0.495 e. The number of hydrogen-bond acceptors (Lipinski definition) is 5. The van der Waals surface area contributed by atoms with Crippen molar-refractivity contribution in [1.29, 1.82) is 0 Å². The molecule has 0 aliphatic carbocycles. The van der Waals surface area contributed by atoms with E-state index >= 15 is 0 Å². The molecule has 0 bridgehead atoms. The van der Waals surface area contributed by atoms with E-state index in [1.165, 1.54) is 24.1 Å². The molecule has 2 amide bonds. The van der Waals surface area contributed by atoms with Gasteiger partial charge in [0, 0.05) is 13.1 Å². The molecule has 0 saturated heterocycles. The maximum absolute atomic E-state index is 14.1. The minimum absolute atomic E-state index is 0.0446. The topological polar surface area (TPSA) is 96.0 Å². The second-order valence-electron chi connectivity index (χ2n) is 9.57. The zero-order valence-electron chi connectivity index (χ0n) is 23.7. The minimum atomic E-state index is -4.16. The van der Waals surface area contributed by atoms with Crippen molar-refractivity contribution in [2.24, 2.45) is 0 Å². The lowest BCUT2D eigenvalue weighted by atomic mass is 10.1. The smallest absolute Gasteiger partial charge is 0.264 e. The van der Waals surface area contributed by atoms with Gasteiger partial charge in [-0.05, 0) is 49.6 Å². The van der Waals surface area contributed by atoms with E-state index in [1.54, 1.807) is 42.5 Å². The van der Waals surface area contributed by atoms with E-state index in [1.807, 2.05) is 45.0 Å². The van der Waals surface area contributed by atoms with Crippen molar-refractivity contribution in [3.63, 3.8) is 0 Å². The predicted molar refractivity (Wildman–Crippen MR) is 158 cm³/mol. The lowest BCUT2D eigenvalue weighted by Gasteiger charge is -2.33. The summed E-state index contributed by atoms with van der Waals surface area (Å²) in [4.78, 5) is 28.9. The molecular weight excluding hydrogens is 526 g/mol. The van der Waals surface area contributed by atoms with Crippen LogP contribution in [0.15, 0.2) is 83.8 Å². The SMILES string of the molecule is CCCCNC(=O)C(CC)N(Cc1ccc(C)cc1)C(=O)CN(c1ccccc1OC)S(=O)(=O)c1ccccc1. The average Bonchev–Trinajstić information content (AvgIpc) is 2.97. The van der Waals surface area contributed by atoms with E-state index in [4.69, 9.17) is 4.74 Å². The van der Waals surface area contributed by atoms with Gasteiger partial charge in [0.1, 0.15) is 18.3 Å². The highest BCUT2D eigenvalue weighted by Crippen LogP contribution is 2.32. The quantitative estimate of drug-likeness (QED) is 0.280. The van der Waals surface area contributed by atoms with Gasteiger partial charge >= 0.3 is 0 Å². The number of methoxy groups -OCH3 is 1. The lowest BCUT2D eigenvalue weighted by Crippen LogP contribution is -2.52.